The van der Waals surface area contributed by atoms with E-state index in [4.69, 9.17) is 121 Å². The fourth-order valence-corrected chi connectivity index (χ4v) is 19.3. The molecule has 42 nitrogen and oxygen atoms in total. The van der Waals surface area contributed by atoms with Gasteiger partial charge in [-0.3, -0.25) is 69.0 Å². The Kier molecular flexibility index (Phi) is 63.7. The van der Waals surface area contributed by atoms with Crippen LogP contribution in [0.2, 0.25) is 0 Å². The summed E-state index contributed by atoms with van der Waals surface area (Å²) < 4.78 is 220. The average molecular weight is 2010 g/mol. The number of phosphoric acid groups is 4. The van der Waals surface area contributed by atoms with Crippen LogP contribution in [0.1, 0.15) is 212 Å². The van der Waals surface area contributed by atoms with Gasteiger partial charge in [0.1, 0.15) is 19.8 Å². The van der Waals surface area contributed by atoms with Crippen molar-refractivity contribution in [3.05, 3.63) is 0 Å². The molecule has 131 heavy (non-hydrogen) atoms. The van der Waals surface area contributed by atoms with Gasteiger partial charge in [-0.1, -0.05) is 93.9 Å². The molecule has 3 aliphatic rings. The van der Waals surface area contributed by atoms with Gasteiger partial charge in [0.25, 0.3) is 0 Å². The summed E-state index contributed by atoms with van der Waals surface area (Å²) in [5, 5.41) is 11.9. The van der Waals surface area contributed by atoms with Crippen molar-refractivity contribution >= 4 is 70.3 Å². The van der Waals surface area contributed by atoms with Crippen LogP contribution in [0.4, 0.5) is 0 Å². The number of ether oxygens (including phenoxy) is 14. The molecule has 0 bridgehead atoms. The molecule has 6 N–H and O–H groups in total. The van der Waals surface area contributed by atoms with E-state index in [-0.39, 0.29) is 280 Å². The zero-order valence-corrected chi connectivity index (χ0v) is 85.0. The second-order valence-corrected chi connectivity index (χ2v) is 43.7. The first-order chi connectivity index (χ1) is 62.0. The smallest absolute Gasteiger partial charge is 0.463 e. The number of hydrogen-bond donors (Lipinski definition) is 6. The van der Waals surface area contributed by atoms with Gasteiger partial charge in [-0.25, -0.2) is 18.3 Å². The number of nitrogens with zero attached hydrogens (tertiary/aromatic N) is 1. The van der Waals surface area contributed by atoms with Crippen molar-refractivity contribution in [2.75, 3.05) is 191 Å². The lowest BCUT2D eigenvalue weighted by Gasteiger charge is -2.44. The standard InChI is InChI=1S/C83H158N2O40P6/c1-15-112-131(100,120-47-30-35-84)121-55-75(53-101-37-31-48-113-126(14,90)91)54-102-38-32-49-119-130(98,99)122-62-83(59-103-36-28-29-52-127(92,93)114-44-25-19-16-22-41-106-80-69(8)63(2)65(4)76(123-80)56-109-72(11)87,60-104-39-33-50-117-128(94,95)115-45-26-20-17-23-42-107-81-70(9)64(3)66(5)77(124-81)57-110-73(12)88)61-105-40-34-51-118-129(96,97)116-46-27-21-18-24-43-108-82-79(85-71(10)86)68(7)67(6)78(125-82)58-111-74(13)89/h63-70,75-82H,15-34,36-62H2,1-14H3,(H,85,86)(H,90,91)(H,92,93)(H,94,95)(H,96,97)(H,98,99)/t63-,64-,65+,66+,67+,68-,69?,70?,75?,76?,77?,78?,79?,80+,81+,82+,83?,131?/m0/s1. The Labute approximate surface area is 775 Å². The number of esters is 3. The molecule has 0 aromatic rings. The number of nitriles is 1. The van der Waals surface area contributed by atoms with Gasteiger partial charge in [-0.2, -0.15) is 5.26 Å². The second-order valence-electron chi connectivity index (χ2n) is 33.9. The third kappa shape index (κ3) is 56.6. The lowest BCUT2D eigenvalue weighted by molar-refractivity contribution is -0.255. The van der Waals surface area contributed by atoms with E-state index >= 15 is 0 Å². The molecular formula is C83H158N2O40P6. The summed E-state index contributed by atoms with van der Waals surface area (Å²) in [7, 11) is -26.0. The predicted molar refractivity (Wildman–Crippen MR) is 477 cm³/mol. The molecule has 0 spiro atoms. The Morgan fingerprint density at radius 1 is 0.374 bits per heavy atom. The van der Waals surface area contributed by atoms with Crippen LogP contribution in [0.3, 0.4) is 0 Å². The van der Waals surface area contributed by atoms with Crippen molar-refractivity contribution in [3.63, 3.8) is 0 Å². The van der Waals surface area contributed by atoms with Gasteiger partial charge in [-0.15, -0.1) is 0 Å². The summed E-state index contributed by atoms with van der Waals surface area (Å²) in [4.78, 5) is 99.6. The quantitative estimate of drug-likeness (QED) is 0.0142. The maximum absolute atomic E-state index is 13.9. The number of unbranched alkanes of at least 4 members (excludes halogenated alkanes) is 10. The van der Waals surface area contributed by atoms with Gasteiger partial charge in [0.05, 0.1) is 154 Å². The summed E-state index contributed by atoms with van der Waals surface area (Å²) in [6.45, 7) is 22.1. The monoisotopic (exact) mass is 2010 g/mol. The third-order valence-electron chi connectivity index (χ3n) is 22.5. The Morgan fingerprint density at radius 2 is 0.725 bits per heavy atom. The average Bonchev–Trinajstić information content (AvgIpc) is 0.789. The number of phosphoric ester groups is 4. The molecule has 23 atom stereocenters. The summed E-state index contributed by atoms with van der Waals surface area (Å²) in [6.07, 6.45) is 5.04. The Balaban J connectivity index is 1.73. The largest absolute Gasteiger partial charge is 0.474 e. The molecule has 3 aliphatic heterocycles. The molecule has 48 heteroatoms. The van der Waals surface area contributed by atoms with Crippen molar-refractivity contribution < 1.29 is 187 Å². The minimum atomic E-state index is -4.98. The number of carbonyl (C=O) groups excluding carboxylic acids is 4. The molecule has 0 aromatic heterocycles. The van der Waals surface area contributed by atoms with Gasteiger partial charge in [-0.05, 0) is 119 Å². The van der Waals surface area contributed by atoms with E-state index in [0.29, 0.717) is 77.4 Å². The maximum atomic E-state index is 13.9. The van der Waals surface area contributed by atoms with Crippen LogP contribution < -0.4 is 5.32 Å². The van der Waals surface area contributed by atoms with E-state index in [1.54, 1.807) is 6.92 Å². The van der Waals surface area contributed by atoms with Crippen molar-refractivity contribution in [2.24, 2.45) is 58.7 Å². The van der Waals surface area contributed by atoms with Gasteiger partial charge in [0.15, 0.2) is 18.9 Å². The Morgan fingerprint density at radius 3 is 1.12 bits per heavy atom. The predicted octanol–water partition coefficient (Wildman–Crippen LogP) is 13.7. The number of nitrogens with one attached hydrogen (secondary N) is 1. The highest BCUT2D eigenvalue weighted by Crippen LogP contribution is 2.51. The molecule has 14 unspecified atom stereocenters. The molecule has 3 rings (SSSR count). The zero-order chi connectivity index (χ0) is 97.4. The normalized spacial score (nSPS) is 25.9. The summed E-state index contributed by atoms with van der Waals surface area (Å²) in [5.41, 5.74) is -1.48. The molecule has 1 amide bonds. The molecule has 3 fully saturated rings. The molecule has 0 saturated carbocycles. The number of amides is 1. The van der Waals surface area contributed by atoms with Crippen LogP contribution in [0, 0.1) is 70.0 Å². The molecular weight excluding hydrogens is 1850 g/mol. The van der Waals surface area contributed by atoms with Crippen molar-refractivity contribution in [1.82, 2.24) is 5.32 Å². The third-order valence-corrected chi connectivity index (χ3v) is 29.2. The lowest BCUT2D eigenvalue weighted by atomic mass is 9.79. The summed E-state index contributed by atoms with van der Waals surface area (Å²) >= 11 is 0. The van der Waals surface area contributed by atoms with Gasteiger partial charge < -0.3 is 105 Å². The van der Waals surface area contributed by atoms with E-state index in [0.717, 1.165) is 19.5 Å². The van der Waals surface area contributed by atoms with E-state index in [2.05, 4.69) is 46.9 Å². The summed E-state index contributed by atoms with van der Waals surface area (Å²) in [5.74, 6) is -1.17. The maximum Gasteiger partial charge on any atom is 0.474 e. The van der Waals surface area contributed by atoms with Crippen LogP contribution in [0.5, 0.6) is 0 Å². The van der Waals surface area contributed by atoms with E-state index in [9.17, 15) is 71.0 Å². The minimum absolute atomic E-state index is 0.0191. The van der Waals surface area contributed by atoms with Crippen molar-refractivity contribution in [1.29, 1.82) is 5.26 Å². The Bertz CT molecular complexity index is 3360. The number of carbonyl (C=O) groups is 4. The van der Waals surface area contributed by atoms with Gasteiger partial charge >= 0.3 is 64.4 Å². The number of rotatable bonds is 80. The van der Waals surface area contributed by atoms with Gasteiger partial charge in [0, 0.05) is 105 Å². The topological polar surface area (TPSA) is 538 Å². The Hall–Kier alpha value is -2.33. The highest BCUT2D eigenvalue weighted by Gasteiger charge is 2.45. The fraction of sp³-hybridized carbons (Fsp3) is 0.940. The first-order valence-electron chi connectivity index (χ1n) is 46.0. The molecule has 3 heterocycles. The lowest BCUT2D eigenvalue weighted by Crippen LogP contribution is -2.58. The molecule has 0 aliphatic carbocycles. The van der Waals surface area contributed by atoms with E-state index in [1.807, 2.05) is 19.9 Å². The number of hydrogen-bond acceptors (Lipinski definition) is 36. The van der Waals surface area contributed by atoms with Crippen LogP contribution >= 0.6 is 46.5 Å². The fourth-order valence-electron chi connectivity index (χ4n) is 14.0. The first kappa shape index (κ1) is 123. The van der Waals surface area contributed by atoms with Crippen LogP contribution in [-0.2, 0) is 163 Å². The van der Waals surface area contributed by atoms with E-state index < -0.39 is 108 Å². The first-order valence-corrected chi connectivity index (χ1v) is 55.8. The minimum Gasteiger partial charge on any atom is -0.463 e. The second kappa shape index (κ2) is 67.9. The van der Waals surface area contributed by atoms with Gasteiger partial charge in [0.2, 0.25) is 5.91 Å². The highest BCUT2D eigenvalue weighted by atomic mass is 31.2. The van der Waals surface area contributed by atoms with Crippen LogP contribution in [-0.4, -0.2) is 283 Å². The molecule has 770 valence electrons. The zero-order valence-electron chi connectivity index (χ0n) is 79.6. The highest BCUT2D eigenvalue weighted by molar-refractivity contribution is 7.52. The van der Waals surface area contributed by atoms with Crippen LogP contribution in [0.15, 0.2) is 0 Å². The van der Waals surface area contributed by atoms with Crippen molar-refractivity contribution in [2.45, 2.75) is 255 Å². The van der Waals surface area contributed by atoms with E-state index in [1.165, 1.54) is 27.7 Å². The molecule has 0 aromatic carbocycles. The SMILES string of the molecule is CCOP(=O)(OCCC#N)OCC(COCCCOP(C)(=O)O)COCCCOP(=O)(O)OCC(COCCCCP(=O)(O)OCCCCCCO[C@@H]1OC(COC(C)=O)[C@H](C)[C@H](C)C1C)(COCCCOP(=O)(O)OCCCCCCO[C@@H]1OC(COC(C)=O)[C@H](C)[C@H](C)C1C)COCCCOP(=O)(O)OCCCCCCO[C@@H]1OC(COC(C)=O)[C@H](C)[C@H](C)C1NC(C)=O. The molecule has 3 saturated heterocycles. The van der Waals surface area contributed by atoms with Crippen molar-refractivity contribution in [3.8, 4) is 6.07 Å². The molecule has 0 radical (unpaired) electrons. The summed E-state index contributed by atoms with van der Waals surface area (Å²) in [6, 6.07) is 1.43. The van der Waals surface area contributed by atoms with Crippen LogP contribution in [0.25, 0.3) is 0 Å².